The first-order valence-electron chi connectivity index (χ1n) is 6.23. The number of carbonyl (C=O) groups is 1. The van der Waals surface area contributed by atoms with Crippen molar-refractivity contribution in [2.24, 2.45) is 0 Å². The van der Waals surface area contributed by atoms with Gasteiger partial charge in [-0.2, -0.15) is 0 Å². The molecule has 0 aliphatic rings. The van der Waals surface area contributed by atoms with Gasteiger partial charge in [-0.15, -0.1) is 0 Å². The number of pyridine rings is 1. The molecular formula is C14H14N4O3. The van der Waals surface area contributed by atoms with Crippen LogP contribution < -0.4 is 10.6 Å². The largest absolute Gasteiger partial charge is 0.383 e. The molecule has 7 heteroatoms. The second-order valence-electron chi connectivity index (χ2n) is 4.33. The Labute approximate surface area is 121 Å². The fraction of sp³-hybridized carbons (Fsp3) is 0.143. The predicted octanol–water partition coefficient (Wildman–Crippen LogP) is 2.59. The summed E-state index contributed by atoms with van der Waals surface area (Å²) in [4.78, 5) is 27.0. The van der Waals surface area contributed by atoms with Gasteiger partial charge in [-0.1, -0.05) is 12.1 Å². The second-order valence-corrected chi connectivity index (χ2v) is 4.33. The van der Waals surface area contributed by atoms with Gasteiger partial charge in [-0.3, -0.25) is 14.9 Å². The lowest BCUT2D eigenvalue weighted by molar-refractivity contribution is -0.384. The van der Waals surface area contributed by atoms with Gasteiger partial charge in [0, 0.05) is 12.7 Å². The first-order chi connectivity index (χ1) is 10.0. The number of anilines is 2. The number of benzene rings is 1. The number of rotatable bonds is 4. The molecule has 0 bridgehead atoms. The number of nitro groups is 1. The fourth-order valence-corrected chi connectivity index (χ4v) is 1.92. The molecule has 0 radical (unpaired) electrons. The molecule has 1 amide bonds. The van der Waals surface area contributed by atoms with Crippen molar-refractivity contribution in [3.63, 3.8) is 0 Å². The van der Waals surface area contributed by atoms with E-state index >= 15 is 0 Å². The number of amides is 1. The molecule has 108 valence electrons. The quantitative estimate of drug-likeness (QED) is 0.665. The van der Waals surface area contributed by atoms with Crippen LogP contribution >= 0.6 is 0 Å². The summed E-state index contributed by atoms with van der Waals surface area (Å²) in [5, 5.41) is 16.5. The summed E-state index contributed by atoms with van der Waals surface area (Å²) in [6.45, 7) is 1.79. The van der Waals surface area contributed by atoms with Gasteiger partial charge in [0.15, 0.2) is 0 Å². The van der Waals surface area contributed by atoms with Crippen LogP contribution in [0.1, 0.15) is 16.1 Å². The Morgan fingerprint density at radius 1 is 1.24 bits per heavy atom. The Hall–Kier alpha value is -2.96. The minimum atomic E-state index is -0.579. The summed E-state index contributed by atoms with van der Waals surface area (Å²) in [6, 6.07) is 9.69. The highest BCUT2D eigenvalue weighted by Gasteiger charge is 2.24. The highest BCUT2D eigenvalue weighted by atomic mass is 16.6. The summed E-state index contributed by atoms with van der Waals surface area (Å²) in [5.74, 6) is -0.221. The number of aryl methyl sites for hydroxylation is 1. The monoisotopic (exact) mass is 286 g/mol. The highest BCUT2D eigenvalue weighted by Crippen LogP contribution is 2.28. The fourth-order valence-electron chi connectivity index (χ4n) is 1.92. The molecule has 0 aliphatic carbocycles. The van der Waals surface area contributed by atoms with Gasteiger partial charge in [0.2, 0.25) is 0 Å². The lowest BCUT2D eigenvalue weighted by atomic mass is 10.1. The Balaban J connectivity index is 2.37. The molecule has 0 fully saturated rings. The average molecular weight is 286 g/mol. The molecule has 7 nitrogen and oxygen atoms in total. The standard InChI is InChI=1S/C14H14N4O3/c1-9-5-3-8-12(16-9)17-14(19)10-6-4-7-11(15-2)13(10)18(20)21/h3-8,15H,1-2H3,(H,16,17,19). The lowest BCUT2D eigenvalue weighted by Gasteiger charge is -2.08. The SMILES string of the molecule is CNc1cccc(C(=O)Nc2cccc(C)n2)c1[N+](=O)[O-]. The average Bonchev–Trinajstić information content (AvgIpc) is 2.46. The van der Waals surface area contributed by atoms with Crippen LogP contribution in [0.2, 0.25) is 0 Å². The van der Waals surface area contributed by atoms with E-state index in [2.05, 4.69) is 15.6 Å². The number of hydrogen-bond acceptors (Lipinski definition) is 5. The molecule has 2 N–H and O–H groups in total. The van der Waals surface area contributed by atoms with Crippen molar-refractivity contribution in [3.8, 4) is 0 Å². The third kappa shape index (κ3) is 3.14. The van der Waals surface area contributed by atoms with Gasteiger partial charge < -0.3 is 10.6 Å². The number of carbonyl (C=O) groups excluding carboxylic acids is 1. The maximum atomic E-state index is 12.2. The summed E-state index contributed by atoms with van der Waals surface area (Å²) >= 11 is 0. The first kappa shape index (κ1) is 14.4. The van der Waals surface area contributed by atoms with Crippen LogP contribution in [0.3, 0.4) is 0 Å². The van der Waals surface area contributed by atoms with Gasteiger partial charge >= 0.3 is 5.69 Å². The van der Waals surface area contributed by atoms with Crippen molar-refractivity contribution >= 4 is 23.1 Å². The van der Waals surface area contributed by atoms with Gasteiger partial charge in [0.1, 0.15) is 17.1 Å². The van der Waals surface area contributed by atoms with E-state index in [9.17, 15) is 14.9 Å². The molecule has 0 atom stereocenters. The number of para-hydroxylation sites is 1. The molecule has 0 spiro atoms. The van der Waals surface area contributed by atoms with E-state index in [4.69, 9.17) is 0 Å². The number of nitro benzene ring substituents is 1. The van der Waals surface area contributed by atoms with E-state index in [1.165, 1.54) is 6.07 Å². The van der Waals surface area contributed by atoms with Crippen LogP contribution in [0.25, 0.3) is 0 Å². The molecule has 2 rings (SSSR count). The minimum absolute atomic E-state index is 0.0184. The molecule has 1 heterocycles. The first-order valence-corrected chi connectivity index (χ1v) is 6.23. The Kier molecular flexibility index (Phi) is 4.13. The van der Waals surface area contributed by atoms with Crippen molar-refractivity contribution in [2.75, 3.05) is 17.7 Å². The Bertz CT molecular complexity index is 700. The molecule has 0 saturated heterocycles. The van der Waals surface area contributed by atoms with E-state index in [0.717, 1.165) is 5.69 Å². The Morgan fingerprint density at radius 2 is 1.95 bits per heavy atom. The van der Waals surface area contributed by atoms with Crippen molar-refractivity contribution < 1.29 is 9.72 Å². The summed E-state index contributed by atoms with van der Waals surface area (Å²) in [6.07, 6.45) is 0. The van der Waals surface area contributed by atoms with E-state index < -0.39 is 10.8 Å². The number of aromatic nitrogens is 1. The summed E-state index contributed by atoms with van der Waals surface area (Å²) < 4.78 is 0. The number of hydrogen-bond donors (Lipinski definition) is 2. The van der Waals surface area contributed by atoms with Gasteiger partial charge in [-0.25, -0.2) is 4.98 Å². The zero-order valence-electron chi connectivity index (χ0n) is 11.6. The van der Waals surface area contributed by atoms with E-state index in [1.54, 1.807) is 44.3 Å². The van der Waals surface area contributed by atoms with Crippen molar-refractivity contribution in [1.29, 1.82) is 0 Å². The predicted molar refractivity (Wildman–Crippen MR) is 79.6 cm³/mol. The highest BCUT2D eigenvalue weighted by molar-refractivity contribution is 6.08. The molecular weight excluding hydrogens is 272 g/mol. The van der Waals surface area contributed by atoms with Crippen LogP contribution in [-0.2, 0) is 0 Å². The van der Waals surface area contributed by atoms with Crippen molar-refractivity contribution in [1.82, 2.24) is 4.98 Å². The molecule has 0 saturated carbocycles. The van der Waals surface area contributed by atoms with Gasteiger partial charge in [0.05, 0.1) is 4.92 Å². The van der Waals surface area contributed by atoms with Gasteiger partial charge in [0.25, 0.3) is 5.91 Å². The van der Waals surface area contributed by atoms with E-state index in [-0.39, 0.29) is 16.9 Å². The van der Waals surface area contributed by atoms with E-state index in [1.807, 2.05) is 0 Å². The van der Waals surface area contributed by atoms with Gasteiger partial charge in [-0.05, 0) is 31.2 Å². The third-order valence-corrected chi connectivity index (χ3v) is 2.86. The number of nitrogens with one attached hydrogen (secondary N) is 2. The van der Waals surface area contributed by atoms with Crippen LogP contribution in [0.4, 0.5) is 17.2 Å². The second kappa shape index (κ2) is 6.00. The molecule has 1 aromatic heterocycles. The maximum Gasteiger partial charge on any atom is 0.305 e. The van der Waals surface area contributed by atoms with E-state index in [0.29, 0.717) is 5.82 Å². The molecule has 21 heavy (non-hydrogen) atoms. The Morgan fingerprint density at radius 3 is 2.57 bits per heavy atom. The zero-order chi connectivity index (χ0) is 15.4. The molecule has 2 aromatic rings. The van der Waals surface area contributed by atoms with Crippen LogP contribution in [-0.4, -0.2) is 22.9 Å². The smallest absolute Gasteiger partial charge is 0.305 e. The van der Waals surface area contributed by atoms with Crippen molar-refractivity contribution in [2.45, 2.75) is 6.92 Å². The normalized spacial score (nSPS) is 10.0. The maximum absolute atomic E-state index is 12.2. The molecule has 0 unspecified atom stereocenters. The third-order valence-electron chi connectivity index (χ3n) is 2.86. The summed E-state index contributed by atoms with van der Waals surface area (Å²) in [7, 11) is 1.56. The lowest BCUT2D eigenvalue weighted by Crippen LogP contribution is -2.15. The zero-order valence-corrected chi connectivity index (χ0v) is 11.6. The summed E-state index contributed by atoms with van der Waals surface area (Å²) in [5.41, 5.74) is 0.747. The minimum Gasteiger partial charge on any atom is -0.383 e. The molecule has 0 aliphatic heterocycles. The van der Waals surface area contributed by atoms with Crippen LogP contribution in [0.5, 0.6) is 0 Å². The van der Waals surface area contributed by atoms with Crippen LogP contribution in [0.15, 0.2) is 36.4 Å². The molecule has 1 aromatic carbocycles. The topological polar surface area (TPSA) is 97.2 Å². The van der Waals surface area contributed by atoms with Crippen LogP contribution in [0, 0.1) is 17.0 Å². The van der Waals surface area contributed by atoms with Crippen molar-refractivity contribution in [3.05, 3.63) is 57.8 Å². The number of nitrogens with zero attached hydrogens (tertiary/aromatic N) is 2.